The molecule has 2 aromatic carbocycles. The van der Waals surface area contributed by atoms with Gasteiger partial charge in [-0.25, -0.2) is 0 Å². The highest BCUT2D eigenvalue weighted by Crippen LogP contribution is 2.29. The van der Waals surface area contributed by atoms with Gasteiger partial charge in [0.1, 0.15) is 0 Å². The number of anilines is 1. The van der Waals surface area contributed by atoms with E-state index in [1.807, 2.05) is 30.3 Å². The highest BCUT2D eigenvalue weighted by atomic mass is 79.9. The predicted octanol–water partition coefficient (Wildman–Crippen LogP) is 6.71. The van der Waals surface area contributed by atoms with E-state index in [2.05, 4.69) is 40.3 Å². The van der Waals surface area contributed by atoms with Gasteiger partial charge in [-0.1, -0.05) is 48.7 Å². The molecule has 106 valence electrons. The van der Waals surface area contributed by atoms with Crippen molar-refractivity contribution < 1.29 is 0 Å². The number of hydrogen-bond donors (Lipinski definition) is 1. The Morgan fingerprint density at radius 1 is 1.10 bits per heavy atom. The summed E-state index contributed by atoms with van der Waals surface area (Å²) in [7, 11) is 0. The Balaban J connectivity index is 2.20. The summed E-state index contributed by atoms with van der Waals surface area (Å²) < 4.78 is 0.906. The largest absolute Gasteiger partial charge is 0.378 e. The summed E-state index contributed by atoms with van der Waals surface area (Å²) in [4.78, 5) is 0. The maximum Gasteiger partial charge on any atom is 0.0568 e. The number of nitrogens with one attached hydrogen (secondary N) is 1. The van der Waals surface area contributed by atoms with Crippen LogP contribution in [-0.4, -0.2) is 0 Å². The molecule has 0 amide bonds. The Morgan fingerprint density at radius 2 is 1.80 bits per heavy atom. The zero-order chi connectivity index (χ0) is 14.5. The maximum atomic E-state index is 6.14. The Kier molecular flexibility index (Phi) is 5.76. The minimum Gasteiger partial charge on any atom is -0.378 e. The van der Waals surface area contributed by atoms with Crippen LogP contribution in [0.4, 0.5) is 5.69 Å². The second kappa shape index (κ2) is 7.35. The molecule has 0 saturated carbocycles. The molecule has 0 heterocycles. The Morgan fingerprint density at radius 3 is 2.40 bits per heavy atom. The lowest BCUT2D eigenvalue weighted by atomic mass is 10.0. The first-order valence-corrected chi connectivity index (χ1v) is 8.12. The van der Waals surface area contributed by atoms with Crippen LogP contribution in [0.5, 0.6) is 0 Å². The van der Waals surface area contributed by atoms with Crippen molar-refractivity contribution in [2.24, 2.45) is 0 Å². The van der Waals surface area contributed by atoms with E-state index >= 15 is 0 Å². The molecule has 0 spiro atoms. The van der Waals surface area contributed by atoms with Gasteiger partial charge in [0.25, 0.3) is 0 Å². The lowest BCUT2D eigenvalue weighted by molar-refractivity contribution is 0.677. The van der Waals surface area contributed by atoms with Crippen LogP contribution in [0.2, 0.25) is 10.0 Å². The van der Waals surface area contributed by atoms with Gasteiger partial charge in [0.2, 0.25) is 0 Å². The zero-order valence-electron chi connectivity index (χ0n) is 11.2. The van der Waals surface area contributed by atoms with Gasteiger partial charge < -0.3 is 5.32 Å². The minimum atomic E-state index is 0.259. The van der Waals surface area contributed by atoms with Gasteiger partial charge in [-0.3, -0.25) is 0 Å². The SMILES string of the molecule is CCCC(Nc1ccc(Br)c(Cl)c1)c1ccc(Cl)cc1. The molecule has 0 bridgehead atoms. The summed E-state index contributed by atoms with van der Waals surface area (Å²) in [5.74, 6) is 0. The molecule has 0 aromatic heterocycles. The molecule has 20 heavy (non-hydrogen) atoms. The van der Waals surface area contributed by atoms with Crippen LogP contribution in [0, 0.1) is 0 Å². The van der Waals surface area contributed by atoms with E-state index in [9.17, 15) is 0 Å². The van der Waals surface area contributed by atoms with Crippen molar-refractivity contribution in [3.63, 3.8) is 0 Å². The first kappa shape index (κ1) is 15.7. The van der Waals surface area contributed by atoms with Crippen molar-refractivity contribution in [1.29, 1.82) is 0 Å². The second-order valence-corrected chi connectivity index (χ2v) is 6.36. The number of benzene rings is 2. The highest BCUT2D eigenvalue weighted by molar-refractivity contribution is 9.10. The topological polar surface area (TPSA) is 12.0 Å². The molecule has 0 aliphatic carbocycles. The summed E-state index contributed by atoms with van der Waals surface area (Å²) in [5, 5.41) is 5.00. The van der Waals surface area contributed by atoms with E-state index in [-0.39, 0.29) is 6.04 Å². The van der Waals surface area contributed by atoms with Gasteiger partial charge in [-0.05, 0) is 58.2 Å². The van der Waals surface area contributed by atoms with Crippen LogP contribution in [0.1, 0.15) is 31.4 Å². The van der Waals surface area contributed by atoms with Gasteiger partial charge in [-0.2, -0.15) is 0 Å². The van der Waals surface area contributed by atoms with Gasteiger partial charge in [0.15, 0.2) is 0 Å². The molecule has 0 aliphatic rings. The van der Waals surface area contributed by atoms with E-state index in [1.165, 1.54) is 5.56 Å². The lowest BCUT2D eigenvalue weighted by Crippen LogP contribution is -2.10. The average Bonchev–Trinajstić information content (AvgIpc) is 2.43. The van der Waals surface area contributed by atoms with E-state index in [0.717, 1.165) is 28.0 Å². The lowest BCUT2D eigenvalue weighted by Gasteiger charge is -2.20. The first-order chi connectivity index (χ1) is 9.60. The quantitative estimate of drug-likeness (QED) is 0.614. The van der Waals surface area contributed by atoms with Crippen molar-refractivity contribution in [3.8, 4) is 0 Å². The molecular formula is C16H16BrCl2N. The van der Waals surface area contributed by atoms with E-state index < -0.39 is 0 Å². The third-order valence-corrected chi connectivity index (χ3v) is 4.59. The number of halogens is 3. The Bertz CT molecular complexity index is 569. The fourth-order valence-electron chi connectivity index (χ4n) is 2.09. The standard InChI is InChI=1S/C16H16BrCl2N/c1-2-3-16(11-4-6-12(18)7-5-11)20-13-8-9-14(17)15(19)10-13/h4-10,16,20H,2-3H2,1H3. The molecule has 1 N–H and O–H groups in total. The van der Waals surface area contributed by atoms with Crippen LogP contribution < -0.4 is 5.32 Å². The highest BCUT2D eigenvalue weighted by Gasteiger charge is 2.11. The molecule has 2 aromatic rings. The van der Waals surface area contributed by atoms with E-state index in [0.29, 0.717) is 5.02 Å². The Hall–Kier alpha value is -0.700. The van der Waals surface area contributed by atoms with Crippen LogP contribution in [0.25, 0.3) is 0 Å². The summed E-state index contributed by atoms with van der Waals surface area (Å²) in [6.45, 7) is 2.18. The minimum absolute atomic E-state index is 0.259. The second-order valence-electron chi connectivity index (χ2n) is 4.67. The summed E-state index contributed by atoms with van der Waals surface area (Å²) >= 11 is 15.5. The maximum absolute atomic E-state index is 6.14. The number of rotatable bonds is 5. The monoisotopic (exact) mass is 371 g/mol. The fourth-order valence-corrected chi connectivity index (χ4v) is 2.65. The van der Waals surface area contributed by atoms with Crippen LogP contribution in [0.15, 0.2) is 46.9 Å². The zero-order valence-corrected chi connectivity index (χ0v) is 14.3. The van der Waals surface area contributed by atoms with E-state index in [4.69, 9.17) is 23.2 Å². The average molecular weight is 373 g/mol. The fraction of sp³-hybridized carbons (Fsp3) is 0.250. The molecule has 2 rings (SSSR count). The van der Waals surface area contributed by atoms with Crippen molar-refractivity contribution in [2.75, 3.05) is 5.32 Å². The van der Waals surface area contributed by atoms with Gasteiger partial charge in [-0.15, -0.1) is 0 Å². The Labute approximate surface area is 138 Å². The van der Waals surface area contributed by atoms with Crippen LogP contribution in [-0.2, 0) is 0 Å². The molecule has 1 unspecified atom stereocenters. The molecule has 0 aliphatic heterocycles. The molecule has 0 saturated heterocycles. The smallest absolute Gasteiger partial charge is 0.0568 e. The van der Waals surface area contributed by atoms with Crippen molar-refractivity contribution in [1.82, 2.24) is 0 Å². The third kappa shape index (κ3) is 4.15. The van der Waals surface area contributed by atoms with Crippen LogP contribution in [0.3, 0.4) is 0 Å². The van der Waals surface area contributed by atoms with Crippen molar-refractivity contribution in [3.05, 3.63) is 62.5 Å². The number of hydrogen-bond acceptors (Lipinski definition) is 1. The van der Waals surface area contributed by atoms with Gasteiger partial charge in [0.05, 0.1) is 11.1 Å². The van der Waals surface area contributed by atoms with Crippen molar-refractivity contribution >= 4 is 44.8 Å². The van der Waals surface area contributed by atoms with Gasteiger partial charge >= 0.3 is 0 Å². The summed E-state index contributed by atoms with van der Waals surface area (Å²) in [5.41, 5.74) is 2.25. The molecule has 0 radical (unpaired) electrons. The molecule has 0 fully saturated rings. The first-order valence-electron chi connectivity index (χ1n) is 6.57. The third-order valence-electron chi connectivity index (χ3n) is 3.11. The molecule has 1 nitrogen and oxygen atoms in total. The molecule has 4 heteroatoms. The van der Waals surface area contributed by atoms with Crippen molar-refractivity contribution in [2.45, 2.75) is 25.8 Å². The summed E-state index contributed by atoms with van der Waals surface area (Å²) in [6.07, 6.45) is 2.15. The molecular weight excluding hydrogens is 357 g/mol. The normalized spacial score (nSPS) is 12.2. The van der Waals surface area contributed by atoms with Crippen LogP contribution >= 0.6 is 39.1 Å². The summed E-state index contributed by atoms with van der Waals surface area (Å²) in [6, 6.07) is 14.2. The molecule has 1 atom stereocenters. The predicted molar refractivity (Wildman–Crippen MR) is 91.9 cm³/mol. The van der Waals surface area contributed by atoms with Gasteiger partial charge in [0, 0.05) is 15.2 Å². The van der Waals surface area contributed by atoms with E-state index in [1.54, 1.807) is 0 Å².